The summed E-state index contributed by atoms with van der Waals surface area (Å²) in [7, 11) is 1.84. The smallest absolute Gasteiger partial charge is 0.341 e. The van der Waals surface area contributed by atoms with Crippen molar-refractivity contribution in [2.75, 3.05) is 6.61 Å². The lowest BCUT2D eigenvalue weighted by molar-refractivity contribution is -0.136. The highest BCUT2D eigenvalue weighted by molar-refractivity contribution is 6.20. The molecule has 2 aromatic rings. The molecule has 2 rings (SSSR count). The van der Waals surface area contributed by atoms with Crippen molar-refractivity contribution in [3.63, 3.8) is 0 Å². The number of aromatic nitrogens is 2. The first kappa shape index (κ1) is 16.8. The topological polar surface area (TPSA) is 53.4 Å². The molecule has 0 unspecified atom stereocenters. The van der Waals surface area contributed by atoms with Gasteiger partial charge >= 0.3 is 5.97 Å². The zero-order chi connectivity index (χ0) is 16.8. The maximum absolute atomic E-state index is 12.3. The number of rotatable bonds is 6. The quantitative estimate of drug-likeness (QED) is 0.606. The summed E-state index contributed by atoms with van der Waals surface area (Å²) in [5.41, 5.74) is 1.27. The second kappa shape index (κ2) is 7.63. The molecule has 0 amide bonds. The number of esters is 1. The summed E-state index contributed by atoms with van der Waals surface area (Å²) in [6.07, 6.45) is 5.31. The van der Waals surface area contributed by atoms with Crippen LogP contribution in [0.25, 0.3) is 11.6 Å². The molecule has 0 bridgehead atoms. The maximum Gasteiger partial charge on any atom is 0.341 e. The van der Waals surface area contributed by atoms with Gasteiger partial charge in [0.1, 0.15) is 17.1 Å². The largest absolute Gasteiger partial charge is 0.491 e. The number of ether oxygens (including phenoxy) is 2. The van der Waals surface area contributed by atoms with Crippen molar-refractivity contribution in [3.05, 3.63) is 48.0 Å². The molecule has 0 radical (unpaired) electrons. The van der Waals surface area contributed by atoms with Gasteiger partial charge in [0.15, 0.2) is 0 Å². The Morgan fingerprint density at radius 1 is 1.39 bits per heavy atom. The predicted molar refractivity (Wildman–Crippen MR) is 89.9 cm³/mol. The number of carbonyl (C=O) groups excluding carboxylic acids is 1. The van der Waals surface area contributed by atoms with Gasteiger partial charge < -0.3 is 14.0 Å². The third kappa shape index (κ3) is 4.45. The molecule has 122 valence electrons. The molecule has 23 heavy (non-hydrogen) atoms. The van der Waals surface area contributed by atoms with E-state index in [1.807, 2.05) is 45.2 Å². The Bertz CT molecular complexity index is 702. The van der Waals surface area contributed by atoms with Crippen LogP contribution in [0.2, 0.25) is 0 Å². The highest BCUT2D eigenvalue weighted by Crippen LogP contribution is 2.21. The normalized spacial score (nSPS) is 11.6. The molecule has 1 aromatic heterocycles. The highest BCUT2D eigenvalue weighted by Gasteiger charge is 2.17. The molecule has 1 aromatic carbocycles. The van der Waals surface area contributed by atoms with Gasteiger partial charge in [-0.15, -0.1) is 0 Å². The number of hydrogen-bond acceptors (Lipinski definition) is 4. The van der Waals surface area contributed by atoms with E-state index in [1.54, 1.807) is 30.0 Å². The number of imidazole rings is 1. The van der Waals surface area contributed by atoms with E-state index in [4.69, 9.17) is 9.47 Å². The van der Waals surface area contributed by atoms with E-state index >= 15 is 0 Å². The second-order valence-corrected chi connectivity index (χ2v) is 5.38. The molecule has 0 saturated heterocycles. The van der Waals surface area contributed by atoms with Crippen molar-refractivity contribution in [2.24, 2.45) is 7.05 Å². The molecular weight excluding hydrogens is 292 g/mol. The summed E-state index contributed by atoms with van der Waals surface area (Å²) in [5.74, 6) is 0.937. The number of carbonyl (C=O) groups is 1. The molecular formula is C18H22N2O3. The summed E-state index contributed by atoms with van der Waals surface area (Å²) in [4.78, 5) is 16.5. The number of hydrogen-bond donors (Lipinski definition) is 0. The Morgan fingerprint density at radius 2 is 2.17 bits per heavy atom. The van der Waals surface area contributed by atoms with E-state index in [2.05, 4.69) is 4.98 Å². The van der Waals surface area contributed by atoms with Crippen LogP contribution in [0.15, 0.2) is 36.7 Å². The SMILES string of the molecule is CCOC(=O)/C(=C\c1cccc(OC(C)C)c1)c1nccn1C. The average Bonchev–Trinajstić information content (AvgIpc) is 2.90. The fraction of sp³-hybridized carbons (Fsp3) is 0.333. The summed E-state index contributed by atoms with van der Waals surface area (Å²) in [5, 5.41) is 0. The first-order valence-electron chi connectivity index (χ1n) is 7.64. The third-order valence-electron chi connectivity index (χ3n) is 3.10. The Hall–Kier alpha value is -2.56. The molecule has 5 nitrogen and oxygen atoms in total. The van der Waals surface area contributed by atoms with E-state index in [-0.39, 0.29) is 6.10 Å². The van der Waals surface area contributed by atoms with Gasteiger partial charge in [-0.05, 0) is 44.5 Å². The van der Waals surface area contributed by atoms with Crippen molar-refractivity contribution < 1.29 is 14.3 Å². The molecule has 0 fully saturated rings. The maximum atomic E-state index is 12.3. The molecule has 0 spiro atoms. The zero-order valence-electron chi connectivity index (χ0n) is 13.9. The zero-order valence-corrected chi connectivity index (χ0v) is 13.9. The van der Waals surface area contributed by atoms with Crippen molar-refractivity contribution in [2.45, 2.75) is 26.9 Å². The Balaban J connectivity index is 2.41. The van der Waals surface area contributed by atoms with Crippen molar-refractivity contribution in [3.8, 4) is 5.75 Å². The van der Waals surface area contributed by atoms with Gasteiger partial charge in [0, 0.05) is 19.4 Å². The third-order valence-corrected chi connectivity index (χ3v) is 3.10. The summed E-state index contributed by atoms with van der Waals surface area (Å²) >= 11 is 0. The van der Waals surface area contributed by atoms with Gasteiger partial charge in [-0.25, -0.2) is 9.78 Å². The van der Waals surface area contributed by atoms with Crippen molar-refractivity contribution in [1.29, 1.82) is 0 Å². The van der Waals surface area contributed by atoms with Gasteiger partial charge in [-0.2, -0.15) is 0 Å². The van der Waals surface area contributed by atoms with Crippen LogP contribution in [0.3, 0.4) is 0 Å². The molecule has 1 heterocycles. The number of aryl methyl sites for hydroxylation is 1. The van der Waals surface area contributed by atoms with Crippen LogP contribution < -0.4 is 4.74 Å². The van der Waals surface area contributed by atoms with Crippen LogP contribution >= 0.6 is 0 Å². The number of nitrogens with zero attached hydrogens (tertiary/aromatic N) is 2. The van der Waals surface area contributed by atoms with Crippen LogP contribution in [0, 0.1) is 0 Å². The molecule has 0 N–H and O–H groups in total. The van der Waals surface area contributed by atoms with Gasteiger partial charge in [0.2, 0.25) is 0 Å². The van der Waals surface area contributed by atoms with Crippen LogP contribution in [0.1, 0.15) is 32.2 Å². The first-order chi connectivity index (χ1) is 11.0. The lowest BCUT2D eigenvalue weighted by atomic mass is 10.1. The van der Waals surface area contributed by atoms with Crippen LogP contribution in [0.4, 0.5) is 0 Å². The predicted octanol–water partition coefficient (Wildman–Crippen LogP) is 3.31. The van der Waals surface area contributed by atoms with Crippen LogP contribution in [0.5, 0.6) is 5.75 Å². The fourth-order valence-electron chi connectivity index (χ4n) is 2.17. The summed E-state index contributed by atoms with van der Waals surface area (Å²) in [6.45, 7) is 6.04. The van der Waals surface area contributed by atoms with E-state index in [9.17, 15) is 4.79 Å². The molecule has 0 saturated carbocycles. The minimum atomic E-state index is -0.392. The van der Waals surface area contributed by atoms with E-state index in [0.29, 0.717) is 18.0 Å². The van der Waals surface area contributed by atoms with Gasteiger partial charge in [-0.1, -0.05) is 12.1 Å². The fourth-order valence-corrected chi connectivity index (χ4v) is 2.17. The van der Waals surface area contributed by atoms with Crippen molar-refractivity contribution >= 4 is 17.6 Å². The molecule has 0 aliphatic heterocycles. The highest BCUT2D eigenvalue weighted by atomic mass is 16.5. The van der Waals surface area contributed by atoms with E-state index in [0.717, 1.165) is 11.3 Å². The Labute approximate surface area is 136 Å². The first-order valence-corrected chi connectivity index (χ1v) is 7.64. The molecule has 0 aliphatic rings. The minimum Gasteiger partial charge on any atom is -0.491 e. The van der Waals surface area contributed by atoms with Crippen LogP contribution in [-0.2, 0) is 16.6 Å². The second-order valence-electron chi connectivity index (χ2n) is 5.38. The monoisotopic (exact) mass is 314 g/mol. The van der Waals surface area contributed by atoms with Crippen LogP contribution in [-0.4, -0.2) is 28.2 Å². The molecule has 0 aliphatic carbocycles. The van der Waals surface area contributed by atoms with E-state index < -0.39 is 5.97 Å². The Kier molecular flexibility index (Phi) is 5.57. The summed E-state index contributed by atoms with van der Waals surface area (Å²) < 4.78 is 12.6. The minimum absolute atomic E-state index is 0.0910. The van der Waals surface area contributed by atoms with E-state index in [1.165, 1.54) is 0 Å². The summed E-state index contributed by atoms with van der Waals surface area (Å²) in [6, 6.07) is 7.59. The standard InChI is InChI=1S/C18H22N2O3/c1-5-22-18(21)16(17-19-9-10-20(17)4)12-14-7-6-8-15(11-14)23-13(2)3/h6-13H,5H2,1-4H3/b16-12-. The number of benzene rings is 1. The lowest BCUT2D eigenvalue weighted by Crippen LogP contribution is -2.10. The molecule has 0 atom stereocenters. The average molecular weight is 314 g/mol. The lowest BCUT2D eigenvalue weighted by Gasteiger charge is -2.11. The molecule has 5 heteroatoms. The van der Waals surface area contributed by atoms with Crippen molar-refractivity contribution in [1.82, 2.24) is 9.55 Å². The van der Waals surface area contributed by atoms with Gasteiger partial charge in [0.25, 0.3) is 0 Å². The Morgan fingerprint density at radius 3 is 2.78 bits per heavy atom. The van der Waals surface area contributed by atoms with Gasteiger partial charge in [-0.3, -0.25) is 0 Å². The van der Waals surface area contributed by atoms with Gasteiger partial charge in [0.05, 0.1) is 12.7 Å².